The minimum absolute atomic E-state index is 0.632. The van der Waals surface area contributed by atoms with Crippen molar-refractivity contribution in [2.24, 2.45) is 0 Å². The summed E-state index contributed by atoms with van der Waals surface area (Å²) in [5.74, 6) is 0. The van der Waals surface area contributed by atoms with Crippen molar-refractivity contribution < 1.29 is 18.9 Å². The van der Waals surface area contributed by atoms with Crippen molar-refractivity contribution in [2.45, 2.75) is 0 Å². The third-order valence-corrected chi connectivity index (χ3v) is 2.07. The van der Waals surface area contributed by atoms with Crippen molar-refractivity contribution in [3.05, 3.63) is 0 Å². The maximum absolute atomic E-state index is 5.31. The Morgan fingerprint density at radius 2 is 1.42 bits per heavy atom. The standard InChI is InChI=1S/C4H9BN3O4/c1-9-5-10-6-2-7(11-5)4-8(3-6)12-5/h2-4H2,1H3/q-1. The minimum Gasteiger partial charge on any atom is -0.518 e. The Morgan fingerprint density at radius 1 is 1.00 bits per heavy atom. The van der Waals surface area contributed by atoms with Crippen LogP contribution in [0.5, 0.6) is 0 Å². The van der Waals surface area contributed by atoms with E-state index in [0.29, 0.717) is 20.0 Å². The second-order valence-electron chi connectivity index (χ2n) is 3.00. The molecule has 0 atom stereocenters. The fraction of sp³-hybridized carbons (Fsp3) is 1.00. The maximum Gasteiger partial charge on any atom is 0.579 e. The second-order valence-corrected chi connectivity index (χ2v) is 3.00. The molecule has 4 fully saturated rings. The first-order chi connectivity index (χ1) is 5.80. The molecule has 0 aromatic rings. The molecular weight excluding hydrogens is 165 g/mol. The van der Waals surface area contributed by atoms with Gasteiger partial charge in [-0.2, -0.15) is 15.2 Å². The van der Waals surface area contributed by atoms with E-state index in [-0.39, 0.29) is 0 Å². The van der Waals surface area contributed by atoms with E-state index in [1.807, 2.05) is 0 Å². The molecule has 4 heterocycles. The van der Waals surface area contributed by atoms with Crippen molar-refractivity contribution in [3.8, 4) is 0 Å². The summed E-state index contributed by atoms with van der Waals surface area (Å²) in [6.07, 6.45) is 0. The van der Waals surface area contributed by atoms with Gasteiger partial charge in [0.15, 0.2) is 0 Å². The highest BCUT2D eigenvalue weighted by molar-refractivity contribution is 6.53. The predicted molar refractivity (Wildman–Crippen MR) is 36.1 cm³/mol. The largest absolute Gasteiger partial charge is 0.579 e. The zero-order valence-electron chi connectivity index (χ0n) is 6.67. The van der Waals surface area contributed by atoms with Gasteiger partial charge < -0.3 is 18.9 Å². The summed E-state index contributed by atoms with van der Waals surface area (Å²) in [5, 5.41) is 5.21. The van der Waals surface area contributed by atoms with Crippen LogP contribution in [0.2, 0.25) is 0 Å². The molecule has 0 spiro atoms. The highest BCUT2D eigenvalue weighted by Crippen LogP contribution is 2.31. The zero-order valence-corrected chi connectivity index (χ0v) is 6.67. The summed E-state index contributed by atoms with van der Waals surface area (Å²) < 4.78 is 20.9. The molecule has 0 radical (unpaired) electrons. The molecule has 0 unspecified atom stereocenters. The molecule has 4 saturated heterocycles. The van der Waals surface area contributed by atoms with Crippen LogP contribution in [-0.4, -0.2) is 49.3 Å². The topological polar surface area (TPSA) is 46.6 Å². The molecule has 68 valence electrons. The van der Waals surface area contributed by atoms with Crippen LogP contribution in [0.4, 0.5) is 0 Å². The maximum atomic E-state index is 5.31. The van der Waals surface area contributed by atoms with Crippen LogP contribution in [0.15, 0.2) is 0 Å². The van der Waals surface area contributed by atoms with E-state index >= 15 is 0 Å². The van der Waals surface area contributed by atoms with Crippen LogP contribution in [0.3, 0.4) is 0 Å². The molecule has 0 aromatic carbocycles. The van der Waals surface area contributed by atoms with Gasteiger partial charge in [0.2, 0.25) is 0 Å². The lowest BCUT2D eigenvalue weighted by atomic mass is 10.1. The van der Waals surface area contributed by atoms with Crippen molar-refractivity contribution in [3.63, 3.8) is 0 Å². The molecule has 0 aliphatic carbocycles. The van der Waals surface area contributed by atoms with E-state index in [2.05, 4.69) is 0 Å². The van der Waals surface area contributed by atoms with Crippen molar-refractivity contribution in [1.29, 1.82) is 0 Å². The van der Waals surface area contributed by atoms with Gasteiger partial charge in [-0.1, -0.05) is 0 Å². The van der Waals surface area contributed by atoms with Crippen LogP contribution in [0, 0.1) is 0 Å². The molecule has 4 aliphatic rings. The van der Waals surface area contributed by atoms with Gasteiger partial charge in [-0.05, 0) is 7.11 Å². The molecular formula is C4H9BN3O4-. The fourth-order valence-corrected chi connectivity index (χ4v) is 1.60. The number of nitrogens with zero attached hydrogens (tertiary/aromatic N) is 3. The summed E-state index contributed by atoms with van der Waals surface area (Å²) in [6, 6.07) is 0. The van der Waals surface area contributed by atoms with Gasteiger partial charge in [0.05, 0.1) is 20.0 Å². The summed E-state index contributed by atoms with van der Waals surface area (Å²) in [5.41, 5.74) is 0. The predicted octanol–water partition coefficient (Wildman–Crippen LogP) is -1.32. The highest BCUT2D eigenvalue weighted by Gasteiger charge is 2.50. The lowest BCUT2D eigenvalue weighted by Crippen LogP contribution is -2.76. The third kappa shape index (κ3) is 0.851. The zero-order chi connectivity index (χ0) is 8.18. The third-order valence-electron chi connectivity index (χ3n) is 2.07. The number of hydrogen-bond donors (Lipinski definition) is 0. The van der Waals surface area contributed by atoms with Gasteiger partial charge in [-0.15, -0.1) is 0 Å². The van der Waals surface area contributed by atoms with Crippen molar-refractivity contribution in [1.82, 2.24) is 15.2 Å². The minimum atomic E-state index is -2.04. The van der Waals surface area contributed by atoms with E-state index in [1.54, 1.807) is 15.2 Å². The highest BCUT2D eigenvalue weighted by atomic mass is 17.0. The summed E-state index contributed by atoms with van der Waals surface area (Å²) in [6.45, 7) is -0.143. The quantitative estimate of drug-likeness (QED) is 0.457. The van der Waals surface area contributed by atoms with Gasteiger partial charge in [0.1, 0.15) is 0 Å². The Kier molecular flexibility index (Phi) is 1.31. The molecule has 8 heteroatoms. The molecule has 4 rings (SSSR count). The Hall–Kier alpha value is -0.215. The SMILES string of the molecule is CO[B-]12ON3CN(CN(C3)O1)O2. The number of rotatable bonds is 1. The fourth-order valence-electron chi connectivity index (χ4n) is 1.60. The smallest absolute Gasteiger partial charge is 0.518 e. The van der Waals surface area contributed by atoms with Crippen molar-refractivity contribution >= 4 is 6.96 Å². The van der Waals surface area contributed by atoms with Crippen molar-refractivity contribution in [2.75, 3.05) is 27.1 Å². The second kappa shape index (κ2) is 2.18. The Labute approximate surface area is 69.2 Å². The van der Waals surface area contributed by atoms with E-state index < -0.39 is 6.96 Å². The lowest BCUT2D eigenvalue weighted by molar-refractivity contribution is -0.442. The average Bonchev–Trinajstić information content (AvgIpc) is 2.02. The Morgan fingerprint density at radius 3 is 1.75 bits per heavy atom. The molecule has 0 saturated carbocycles. The van der Waals surface area contributed by atoms with Crippen LogP contribution >= 0.6 is 0 Å². The molecule has 12 heavy (non-hydrogen) atoms. The van der Waals surface area contributed by atoms with Gasteiger partial charge in [-0.3, -0.25) is 0 Å². The molecule has 0 amide bonds. The lowest BCUT2D eigenvalue weighted by Gasteiger charge is -2.62. The monoisotopic (exact) mass is 174 g/mol. The summed E-state index contributed by atoms with van der Waals surface area (Å²) in [7, 11) is 1.50. The molecule has 4 bridgehead atoms. The normalized spacial score (nSPS) is 56.2. The Balaban J connectivity index is 1.90. The van der Waals surface area contributed by atoms with E-state index in [4.69, 9.17) is 18.9 Å². The van der Waals surface area contributed by atoms with E-state index in [0.717, 1.165) is 0 Å². The van der Waals surface area contributed by atoms with Crippen LogP contribution < -0.4 is 0 Å². The molecule has 4 aliphatic heterocycles. The molecule has 7 nitrogen and oxygen atoms in total. The molecule has 0 aromatic heterocycles. The summed E-state index contributed by atoms with van der Waals surface area (Å²) in [4.78, 5) is 0. The van der Waals surface area contributed by atoms with E-state index in [1.165, 1.54) is 7.11 Å². The van der Waals surface area contributed by atoms with Gasteiger partial charge in [0, 0.05) is 0 Å². The van der Waals surface area contributed by atoms with Crippen LogP contribution in [0.1, 0.15) is 0 Å². The van der Waals surface area contributed by atoms with E-state index in [9.17, 15) is 0 Å². The van der Waals surface area contributed by atoms with Crippen LogP contribution in [0.25, 0.3) is 0 Å². The first-order valence-corrected chi connectivity index (χ1v) is 3.80. The Bertz CT molecular complexity index is 179. The van der Waals surface area contributed by atoms with Gasteiger partial charge in [0.25, 0.3) is 0 Å². The molecule has 0 N–H and O–H groups in total. The number of hydrogen-bond acceptors (Lipinski definition) is 7. The van der Waals surface area contributed by atoms with Gasteiger partial charge >= 0.3 is 6.96 Å². The number of hydroxylamine groups is 6. The first-order valence-electron chi connectivity index (χ1n) is 3.80. The average molecular weight is 174 g/mol. The van der Waals surface area contributed by atoms with Gasteiger partial charge in [-0.25, -0.2) is 0 Å². The van der Waals surface area contributed by atoms with Crippen LogP contribution in [-0.2, 0) is 18.9 Å². The summed E-state index contributed by atoms with van der Waals surface area (Å²) >= 11 is 0. The first kappa shape index (κ1) is 7.21.